The quantitative estimate of drug-likeness (QED) is 0.562. The van der Waals surface area contributed by atoms with Crippen molar-refractivity contribution in [2.24, 2.45) is 0 Å². The Morgan fingerprint density at radius 3 is 2.36 bits per heavy atom. The topological polar surface area (TPSA) is 108 Å². The summed E-state index contributed by atoms with van der Waals surface area (Å²) in [5.74, 6) is 1.72. The summed E-state index contributed by atoms with van der Waals surface area (Å²) in [6.45, 7) is 3.22. The maximum atomic E-state index is 11.1. The van der Waals surface area contributed by atoms with Crippen LogP contribution in [0.4, 0.5) is 17.2 Å². The number of anilines is 2. The van der Waals surface area contributed by atoms with E-state index in [1.165, 1.54) is 4.68 Å². The predicted octanol–water partition coefficient (Wildman–Crippen LogP) is 2.94. The number of nitrogens with zero attached hydrogens (tertiary/aromatic N) is 5. The van der Waals surface area contributed by atoms with Crippen molar-refractivity contribution < 1.29 is 9.66 Å². The monoisotopic (exact) mass is 340 g/mol. The lowest BCUT2D eigenvalue weighted by Crippen LogP contribution is -2.05. The van der Waals surface area contributed by atoms with Gasteiger partial charge in [-0.05, 0) is 50.2 Å². The number of aryl methyl sites for hydroxylation is 1. The van der Waals surface area contributed by atoms with Crippen LogP contribution in [0.2, 0.25) is 0 Å². The number of hydrogen-bond donors (Lipinski definition) is 1. The molecule has 0 aliphatic heterocycles. The Morgan fingerprint density at radius 1 is 1.12 bits per heavy atom. The molecule has 0 radical (unpaired) electrons. The molecule has 1 aromatic carbocycles. The summed E-state index contributed by atoms with van der Waals surface area (Å²) >= 11 is 0. The third-order valence-corrected chi connectivity index (χ3v) is 3.67. The second kappa shape index (κ2) is 6.56. The first-order valence-electron chi connectivity index (χ1n) is 7.45. The lowest BCUT2D eigenvalue weighted by molar-refractivity contribution is -0.386. The van der Waals surface area contributed by atoms with Gasteiger partial charge in [-0.25, -0.2) is 4.68 Å². The average Bonchev–Trinajstić information content (AvgIpc) is 2.91. The summed E-state index contributed by atoms with van der Waals surface area (Å²) in [5.41, 5.74) is 1.57. The fraction of sp³-hybridized carbons (Fsp3) is 0.188. The van der Waals surface area contributed by atoms with Gasteiger partial charge in [0, 0.05) is 5.69 Å². The van der Waals surface area contributed by atoms with Crippen LogP contribution in [0.5, 0.6) is 5.75 Å². The van der Waals surface area contributed by atoms with Crippen molar-refractivity contribution in [3.8, 4) is 11.6 Å². The first kappa shape index (κ1) is 16.4. The second-order valence-corrected chi connectivity index (χ2v) is 5.32. The first-order chi connectivity index (χ1) is 12.0. The van der Waals surface area contributed by atoms with Gasteiger partial charge < -0.3 is 10.1 Å². The first-order valence-corrected chi connectivity index (χ1v) is 7.45. The average molecular weight is 340 g/mol. The molecule has 0 unspecified atom stereocenters. The van der Waals surface area contributed by atoms with Gasteiger partial charge in [0.2, 0.25) is 0 Å². The van der Waals surface area contributed by atoms with Gasteiger partial charge in [0.05, 0.1) is 12.0 Å². The van der Waals surface area contributed by atoms with E-state index in [1.807, 2.05) is 24.3 Å². The smallest absolute Gasteiger partial charge is 0.313 e. The van der Waals surface area contributed by atoms with Crippen molar-refractivity contribution in [1.82, 2.24) is 20.0 Å². The molecule has 0 spiro atoms. The number of ether oxygens (including phenoxy) is 1. The van der Waals surface area contributed by atoms with Gasteiger partial charge in [-0.2, -0.15) is 5.10 Å². The Hall–Kier alpha value is -3.49. The van der Waals surface area contributed by atoms with E-state index >= 15 is 0 Å². The Kier molecular flexibility index (Phi) is 4.29. The minimum Gasteiger partial charge on any atom is -0.497 e. The molecule has 0 saturated heterocycles. The van der Waals surface area contributed by atoms with Gasteiger partial charge in [-0.15, -0.1) is 10.2 Å². The molecule has 2 aromatic heterocycles. The van der Waals surface area contributed by atoms with Crippen LogP contribution in [0.15, 0.2) is 36.4 Å². The molecule has 2 heterocycles. The Labute approximate surface area is 143 Å². The molecule has 9 heteroatoms. The highest BCUT2D eigenvalue weighted by molar-refractivity contribution is 5.57. The van der Waals surface area contributed by atoms with Gasteiger partial charge >= 0.3 is 5.69 Å². The maximum Gasteiger partial charge on any atom is 0.313 e. The van der Waals surface area contributed by atoms with Crippen molar-refractivity contribution >= 4 is 17.2 Å². The second-order valence-electron chi connectivity index (χ2n) is 5.32. The van der Waals surface area contributed by atoms with E-state index in [-0.39, 0.29) is 5.69 Å². The molecule has 0 saturated carbocycles. The van der Waals surface area contributed by atoms with E-state index in [2.05, 4.69) is 20.6 Å². The van der Waals surface area contributed by atoms with E-state index in [1.54, 1.807) is 33.1 Å². The zero-order chi connectivity index (χ0) is 18.0. The SMILES string of the molecule is COc1ccc(Nc2ccc(-n3nc(C)c([N+](=O)[O-])c3C)nn2)cc1. The number of nitrogens with one attached hydrogen (secondary N) is 1. The predicted molar refractivity (Wildman–Crippen MR) is 91.6 cm³/mol. The Bertz CT molecular complexity index is 903. The Balaban J connectivity index is 1.82. The number of rotatable bonds is 5. The van der Waals surface area contributed by atoms with Gasteiger partial charge in [-0.3, -0.25) is 10.1 Å². The van der Waals surface area contributed by atoms with E-state index in [0.717, 1.165) is 11.4 Å². The molecule has 0 aliphatic carbocycles. The van der Waals surface area contributed by atoms with Crippen LogP contribution >= 0.6 is 0 Å². The Morgan fingerprint density at radius 2 is 1.84 bits per heavy atom. The lowest BCUT2D eigenvalue weighted by atomic mass is 10.3. The van der Waals surface area contributed by atoms with Crippen molar-refractivity contribution in [2.75, 3.05) is 12.4 Å². The highest BCUT2D eigenvalue weighted by Gasteiger charge is 2.23. The van der Waals surface area contributed by atoms with Crippen LogP contribution in [0.25, 0.3) is 5.82 Å². The highest BCUT2D eigenvalue weighted by atomic mass is 16.6. The summed E-state index contributed by atoms with van der Waals surface area (Å²) in [6.07, 6.45) is 0. The maximum absolute atomic E-state index is 11.1. The molecule has 0 fully saturated rings. The van der Waals surface area contributed by atoms with Crippen molar-refractivity contribution in [2.45, 2.75) is 13.8 Å². The van der Waals surface area contributed by atoms with Crippen molar-refractivity contribution in [3.63, 3.8) is 0 Å². The zero-order valence-electron chi connectivity index (χ0n) is 13.9. The molecule has 0 atom stereocenters. The van der Waals surface area contributed by atoms with Gasteiger partial charge in [-0.1, -0.05) is 0 Å². The summed E-state index contributed by atoms with van der Waals surface area (Å²) in [7, 11) is 1.61. The van der Waals surface area contributed by atoms with Crippen LogP contribution in [-0.4, -0.2) is 32.0 Å². The molecular formula is C16H16N6O3. The highest BCUT2D eigenvalue weighted by Crippen LogP contribution is 2.24. The van der Waals surface area contributed by atoms with Crippen LogP contribution in [-0.2, 0) is 0 Å². The summed E-state index contributed by atoms with van der Waals surface area (Å²) in [4.78, 5) is 10.6. The minimum absolute atomic E-state index is 0.0118. The van der Waals surface area contributed by atoms with Crippen LogP contribution in [0, 0.1) is 24.0 Å². The minimum atomic E-state index is -0.443. The molecule has 3 aromatic rings. The summed E-state index contributed by atoms with van der Waals surface area (Å²) in [6, 6.07) is 10.8. The molecule has 0 aliphatic rings. The number of methoxy groups -OCH3 is 1. The van der Waals surface area contributed by atoms with Crippen LogP contribution < -0.4 is 10.1 Å². The van der Waals surface area contributed by atoms with E-state index in [4.69, 9.17) is 4.74 Å². The molecule has 0 amide bonds. The third kappa shape index (κ3) is 3.25. The molecule has 128 valence electrons. The number of benzene rings is 1. The molecule has 1 N–H and O–H groups in total. The third-order valence-electron chi connectivity index (χ3n) is 3.67. The number of nitro groups is 1. The summed E-state index contributed by atoms with van der Waals surface area (Å²) in [5, 5.41) is 26.6. The van der Waals surface area contributed by atoms with Crippen LogP contribution in [0.3, 0.4) is 0 Å². The molecule has 0 bridgehead atoms. The molecule has 3 rings (SSSR count). The fourth-order valence-corrected chi connectivity index (χ4v) is 2.45. The van der Waals surface area contributed by atoms with E-state index in [9.17, 15) is 10.1 Å². The van der Waals surface area contributed by atoms with Crippen LogP contribution in [0.1, 0.15) is 11.4 Å². The van der Waals surface area contributed by atoms with Crippen molar-refractivity contribution in [1.29, 1.82) is 0 Å². The normalized spacial score (nSPS) is 10.5. The van der Waals surface area contributed by atoms with Gasteiger partial charge in [0.15, 0.2) is 11.6 Å². The standard InChI is InChI=1S/C16H16N6O3/c1-10-16(22(23)24)11(2)21(20-10)15-9-8-14(18-19-15)17-12-4-6-13(25-3)7-5-12/h4-9H,1-3H3,(H,17,18). The lowest BCUT2D eigenvalue weighted by Gasteiger charge is -2.07. The van der Waals surface area contributed by atoms with Gasteiger partial charge in [0.25, 0.3) is 0 Å². The van der Waals surface area contributed by atoms with E-state index < -0.39 is 4.92 Å². The van der Waals surface area contributed by atoms with Gasteiger partial charge in [0.1, 0.15) is 17.1 Å². The largest absolute Gasteiger partial charge is 0.497 e. The molecule has 25 heavy (non-hydrogen) atoms. The molecular weight excluding hydrogens is 324 g/mol. The zero-order valence-corrected chi connectivity index (χ0v) is 13.9. The number of hydrogen-bond acceptors (Lipinski definition) is 7. The summed E-state index contributed by atoms with van der Waals surface area (Å²) < 4.78 is 6.52. The van der Waals surface area contributed by atoms with Crippen molar-refractivity contribution in [3.05, 3.63) is 57.9 Å². The van der Waals surface area contributed by atoms with E-state index in [0.29, 0.717) is 23.0 Å². The molecule has 9 nitrogen and oxygen atoms in total. The fourth-order valence-electron chi connectivity index (χ4n) is 2.45. The number of aromatic nitrogens is 4.